The van der Waals surface area contributed by atoms with Gasteiger partial charge >= 0.3 is 0 Å². The van der Waals surface area contributed by atoms with Gasteiger partial charge in [-0.3, -0.25) is 4.99 Å². The molecular formula is C20H34N4O4S. The number of ether oxygens (including phenoxy) is 2. The van der Waals surface area contributed by atoms with Crippen molar-refractivity contribution in [1.82, 2.24) is 15.5 Å². The van der Waals surface area contributed by atoms with Crippen LogP contribution in [-0.2, 0) is 16.4 Å². The molecule has 1 atom stereocenters. The van der Waals surface area contributed by atoms with Crippen LogP contribution in [-0.4, -0.2) is 77.2 Å². The molecule has 164 valence electrons. The van der Waals surface area contributed by atoms with E-state index < -0.39 is 9.84 Å². The van der Waals surface area contributed by atoms with Crippen LogP contribution >= 0.6 is 0 Å². The molecule has 1 aromatic carbocycles. The number of benzene rings is 1. The Hall–Kier alpha value is -2.00. The van der Waals surface area contributed by atoms with Crippen molar-refractivity contribution in [2.45, 2.75) is 32.9 Å². The fourth-order valence-electron chi connectivity index (χ4n) is 3.25. The van der Waals surface area contributed by atoms with Crippen molar-refractivity contribution in [3.05, 3.63) is 23.8 Å². The molecule has 29 heavy (non-hydrogen) atoms. The van der Waals surface area contributed by atoms with Gasteiger partial charge in [-0.05, 0) is 37.2 Å². The van der Waals surface area contributed by atoms with Crippen LogP contribution in [0.5, 0.6) is 11.5 Å². The summed E-state index contributed by atoms with van der Waals surface area (Å²) in [6.07, 6.45) is 0.608. The Morgan fingerprint density at radius 3 is 2.62 bits per heavy atom. The van der Waals surface area contributed by atoms with E-state index in [0.717, 1.165) is 30.9 Å². The van der Waals surface area contributed by atoms with Crippen molar-refractivity contribution in [1.29, 1.82) is 0 Å². The minimum Gasteiger partial charge on any atom is -0.493 e. The average molecular weight is 427 g/mol. The van der Waals surface area contributed by atoms with Crippen LogP contribution in [0.25, 0.3) is 0 Å². The zero-order valence-corrected chi connectivity index (χ0v) is 18.7. The Balaban J connectivity index is 1.88. The van der Waals surface area contributed by atoms with Crippen LogP contribution in [0.4, 0.5) is 0 Å². The summed E-state index contributed by atoms with van der Waals surface area (Å²) in [5.74, 6) is 2.39. The van der Waals surface area contributed by atoms with E-state index in [9.17, 15) is 8.42 Å². The Morgan fingerprint density at radius 2 is 2.03 bits per heavy atom. The highest BCUT2D eigenvalue weighted by atomic mass is 32.2. The van der Waals surface area contributed by atoms with E-state index in [2.05, 4.69) is 34.4 Å². The molecule has 0 aromatic heterocycles. The van der Waals surface area contributed by atoms with Crippen molar-refractivity contribution >= 4 is 15.8 Å². The third-order valence-corrected chi connectivity index (χ3v) is 6.81. The topological polar surface area (TPSA) is 92.3 Å². The lowest BCUT2D eigenvalue weighted by Gasteiger charge is -2.19. The van der Waals surface area contributed by atoms with Crippen molar-refractivity contribution in [2.75, 3.05) is 51.9 Å². The minimum absolute atomic E-state index is 0.0951. The molecule has 0 amide bonds. The predicted octanol–water partition coefficient (Wildman–Crippen LogP) is 1.27. The molecule has 9 heteroatoms. The Kier molecular flexibility index (Phi) is 9.03. The van der Waals surface area contributed by atoms with Crippen molar-refractivity contribution in [3.63, 3.8) is 0 Å². The number of sulfone groups is 1. The molecule has 0 saturated carbocycles. The second kappa shape index (κ2) is 11.3. The monoisotopic (exact) mass is 426 g/mol. The molecule has 2 N–H and O–H groups in total. The van der Waals surface area contributed by atoms with Gasteiger partial charge in [0, 0.05) is 26.2 Å². The van der Waals surface area contributed by atoms with Crippen LogP contribution in [0, 0.1) is 0 Å². The number of likely N-dealkylation sites (N-methyl/N-ethyl adjacent to an activating group) is 1. The van der Waals surface area contributed by atoms with E-state index >= 15 is 0 Å². The maximum Gasteiger partial charge on any atom is 0.191 e. The summed E-state index contributed by atoms with van der Waals surface area (Å²) in [6, 6.07) is 5.74. The van der Waals surface area contributed by atoms with E-state index in [-0.39, 0.29) is 17.5 Å². The zero-order chi connectivity index (χ0) is 21.3. The molecule has 8 nitrogen and oxygen atoms in total. The lowest BCUT2D eigenvalue weighted by atomic mass is 10.2. The first-order valence-corrected chi connectivity index (χ1v) is 11.9. The molecule has 1 heterocycles. The summed E-state index contributed by atoms with van der Waals surface area (Å²) in [4.78, 5) is 6.49. The third kappa shape index (κ3) is 7.40. The predicted molar refractivity (Wildman–Crippen MR) is 117 cm³/mol. The van der Waals surface area contributed by atoms with Crippen molar-refractivity contribution < 1.29 is 17.9 Å². The van der Waals surface area contributed by atoms with Gasteiger partial charge in [0.15, 0.2) is 27.3 Å². The third-order valence-electron chi connectivity index (χ3n) is 5.04. The normalized spacial score (nSPS) is 18.7. The fraction of sp³-hybridized carbons (Fsp3) is 0.650. The van der Waals surface area contributed by atoms with Gasteiger partial charge in [-0.2, -0.15) is 0 Å². The summed E-state index contributed by atoms with van der Waals surface area (Å²) in [5, 5.41) is 6.41. The van der Waals surface area contributed by atoms with Gasteiger partial charge in [-0.25, -0.2) is 8.42 Å². The SMILES string of the molecule is CCN(CC)CCOc1ccc(CNC(=NC)NC2CCS(=O)(=O)C2)cc1OC. The molecule has 1 fully saturated rings. The summed E-state index contributed by atoms with van der Waals surface area (Å²) < 4.78 is 34.6. The highest BCUT2D eigenvalue weighted by Gasteiger charge is 2.28. The summed E-state index contributed by atoms with van der Waals surface area (Å²) in [6.45, 7) is 8.30. The van der Waals surface area contributed by atoms with Gasteiger partial charge in [0.25, 0.3) is 0 Å². The number of methoxy groups -OCH3 is 1. The van der Waals surface area contributed by atoms with Gasteiger partial charge in [0.05, 0.1) is 18.6 Å². The van der Waals surface area contributed by atoms with Crippen LogP contribution < -0.4 is 20.1 Å². The molecule has 0 spiro atoms. The highest BCUT2D eigenvalue weighted by molar-refractivity contribution is 7.91. The van der Waals surface area contributed by atoms with Crippen LogP contribution in [0.3, 0.4) is 0 Å². The van der Waals surface area contributed by atoms with E-state index in [4.69, 9.17) is 9.47 Å². The molecule has 1 aliphatic rings. The minimum atomic E-state index is -2.93. The number of guanidine groups is 1. The van der Waals surface area contributed by atoms with E-state index in [1.165, 1.54) is 0 Å². The van der Waals surface area contributed by atoms with Gasteiger partial charge < -0.3 is 25.0 Å². The summed E-state index contributed by atoms with van der Waals surface area (Å²) >= 11 is 0. The second-order valence-corrected chi connectivity index (χ2v) is 9.26. The smallest absolute Gasteiger partial charge is 0.191 e. The maximum absolute atomic E-state index is 11.6. The number of hydrogen-bond donors (Lipinski definition) is 2. The number of rotatable bonds is 10. The Bertz CT molecular complexity index is 779. The molecular weight excluding hydrogens is 392 g/mol. The molecule has 0 aliphatic carbocycles. The van der Waals surface area contributed by atoms with Crippen LogP contribution in [0.1, 0.15) is 25.8 Å². The van der Waals surface area contributed by atoms with E-state index in [1.807, 2.05) is 18.2 Å². The van der Waals surface area contributed by atoms with Gasteiger partial charge in [0.2, 0.25) is 0 Å². The first kappa shape index (κ1) is 23.3. The summed E-state index contributed by atoms with van der Waals surface area (Å²) in [7, 11) is 0.377. The molecule has 1 aromatic rings. The quantitative estimate of drug-likeness (QED) is 0.430. The zero-order valence-electron chi connectivity index (χ0n) is 17.9. The van der Waals surface area contributed by atoms with Gasteiger partial charge in [0.1, 0.15) is 6.61 Å². The molecule has 2 rings (SSSR count). The molecule has 0 bridgehead atoms. The van der Waals surface area contributed by atoms with Crippen LogP contribution in [0.2, 0.25) is 0 Å². The standard InChI is InChI=1S/C20H34N4O4S/c1-5-24(6-2)10-11-28-18-8-7-16(13-19(18)27-4)14-22-20(21-3)23-17-9-12-29(25,26)15-17/h7-8,13,17H,5-6,9-12,14-15H2,1-4H3,(H2,21,22,23). The number of aliphatic imine (C=N–C) groups is 1. The van der Waals surface area contributed by atoms with Crippen molar-refractivity contribution in [2.24, 2.45) is 4.99 Å². The molecule has 1 aliphatic heterocycles. The van der Waals surface area contributed by atoms with E-state index in [0.29, 0.717) is 31.3 Å². The van der Waals surface area contributed by atoms with Crippen LogP contribution in [0.15, 0.2) is 23.2 Å². The number of hydrogen-bond acceptors (Lipinski definition) is 6. The fourth-order valence-corrected chi connectivity index (χ4v) is 4.92. The van der Waals surface area contributed by atoms with Crippen molar-refractivity contribution in [3.8, 4) is 11.5 Å². The highest BCUT2D eigenvalue weighted by Crippen LogP contribution is 2.28. The first-order chi connectivity index (χ1) is 13.9. The maximum atomic E-state index is 11.6. The van der Waals surface area contributed by atoms with Gasteiger partial charge in [-0.15, -0.1) is 0 Å². The first-order valence-electron chi connectivity index (χ1n) is 10.1. The Labute approximate surface area is 174 Å². The number of nitrogens with one attached hydrogen (secondary N) is 2. The van der Waals surface area contributed by atoms with Gasteiger partial charge in [-0.1, -0.05) is 19.9 Å². The summed E-state index contributed by atoms with van der Waals surface area (Å²) in [5.41, 5.74) is 1.01. The second-order valence-electron chi connectivity index (χ2n) is 7.03. The largest absolute Gasteiger partial charge is 0.493 e. The molecule has 1 unspecified atom stereocenters. The lowest BCUT2D eigenvalue weighted by molar-refractivity contribution is 0.217. The Morgan fingerprint density at radius 1 is 1.28 bits per heavy atom. The molecule has 1 saturated heterocycles. The lowest BCUT2D eigenvalue weighted by Crippen LogP contribution is -2.43. The van der Waals surface area contributed by atoms with E-state index in [1.54, 1.807) is 14.2 Å². The molecule has 0 radical (unpaired) electrons. The number of nitrogens with zero attached hydrogens (tertiary/aromatic N) is 2. The average Bonchev–Trinajstić information content (AvgIpc) is 3.07.